The maximum Gasteiger partial charge on any atom is 0.254 e. The molecule has 0 saturated carbocycles. The molecule has 1 heterocycles. The van der Waals surface area contributed by atoms with Gasteiger partial charge in [0.25, 0.3) is 5.91 Å². The smallest absolute Gasteiger partial charge is 0.254 e. The predicted octanol–water partition coefficient (Wildman–Crippen LogP) is 2.42. The summed E-state index contributed by atoms with van der Waals surface area (Å²) < 4.78 is 15.5. The van der Waals surface area contributed by atoms with E-state index in [0.717, 1.165) is 0 Å². The zero-order valence-corrected chi connectivity index (χ0v) is 18.3. The van der Waals surface area contributed by atoms with Crippen LogP contribution in [0.1, 0.15) is 28.8 Å². The molecule has 3 rings (SSSR count). The van der Waals surface area contributed by atoms with Crippen LogP contribution in [0, 0.1) is 5.92 Å². The molecule has 1 saturated heterocycles. The Morgan fingerprint density at radius 2 is 1.72 bits per heavy atom. The number of carbonyl (C=O) groups is 2. The average Bonchev–Trinajstić information content (AvgIpc) is 2.84. The van der Waals surface area contributed by atoms with Crippen LogP contribution in [0.15, 0.2) is 41.5 Å². The molecule has 0 aliphatic carbocycles. The van der Waals surface area contributed by atoms with Crippen LogP contribution in [0.4, 0.5) is 0 Å². The third kappa shape index (κ3) is 5.29. The SMILES string of the molecule is COc1cc(OC)cc(C(=O)N2CCC(C(=O)N/N=C/c3cccc(OC)c3O)CC2)c1. The number of carbonyl (C=O) groups excluding carboxylic acids is 2. The highest BCUT2D eigenvalue weighted by molar-refractivity contribution is 5.95. The van der Waals surface area contributed by atoms with E-state index in [-0.39, 0.29) is 23.5 Å². The number of benzene rings is 2. The van der Waals surface area contributed by atoms with E-state index in [2.05, 4.69) is 10.5 Å². The fourth-order valence-corrected chi connectivity index (χ4v) is 3.52. The van der Waals surface area contributed by atoms with Gasteiger partial charge in [-0.1, -0.05) is 6.07 Å². The van der Waals surface area contributed by atoms with Gasteiger partial charge < -0.3 is 24.2 Å². The number of hydrazone groups is 1. The molecule has 32 heavy (non-hydrogen) atoms. The fourth-order valence-electron chi connectivity index (χ4n) is 3.52. The minimum absolute atomic E-state index is 0.0472. The molecule has 2 amide bonds. The van der Waals surface area contributed by atoms with Gasteiger partial charge in [0.2, 0.25) is 5.91 Å². The monoisotopic (exact) mass is 441 g/mol. The van der Waals surface area contributed by atoms with Gasteiger partial charge in [-0.25, -0.2) is 5.43 Å². The molecule has 0 atom stereocenters. The number of ether oxygens (including phenoxy) is 3. The van der Waals surface area contributed by atoms with Crippen molar-refractivity contribution in [2.75, 3.05) is 34.4 Å². The average molecular weight is 441 g/mol. The van der Waals surface area contributed by atoms with Crippen molar-refractivity contribution in [1.29, 1.82) is 0 Å². The number of likely N-dealkylation sites (tertiary alicyclic amines) is 1. The lowest BCUT2D eigenvalue weighted by molar-refractivity contribution is -0.126. The molecule has 0 radical (unpaired) electrons. The van der Waals surface area contributed by atoms with Crippen LogP contribution in [0.2, 0.25) is 0 Å². The van der Waals surface area contributed by atoms with Gasteiger partial charge in [-0.3, -0.25) is 9.59 Å². The number of nitrogens with zero attached hydrogens (tertiary/aromatic N) is 2. The Balaban J connectivity index is 1.55. The van der Waals surface area contributed by atoms with Crippen molar-refractivity contribution >= 4 is 18.0 Å². The number of rotatable bonds is 7. The van der Waals surface area contributed by atoms with E-state index in [1.165, 1.54) is 27.5 Å². The third-order valence-electron chi connectivity index (χ3n) is 5.38. The van der Waals surface area contributed by atoms with Gasteiger partial charge in [-0.15, -0.1) is 0 Å². The molecular weight excluding hydrogens is 414 g/mol. The van der Waals surface area contributed by atoms with Gasteiger partial charge in [0.15, 0.2) is 11.5 Å². The first kappa shape index (κ1) is 22.9. The van der Waals surface area contributed by atoms with Crippen LogP contribution in [0.3, 0.4) is 0 Å². The van der Waals surface area contributed by atoms with Crippen LogP contribution in [0.25, 0.3) is 0 Å². The number of hydrogen-bond acceptors (Lipinski definition) is 7. The first-order valence-electron chi connectivity index (χ1n) is 10.2. The maximum atomic E-state index is 12.9. The lowest BCUT2D eigenvalue weighted by Gasteiger charge is -2.31. The molecule has 2 aromatic carbocycles. The topological polar surface area (TPSA) is 110 Å². The number of phenols is 1. The molecule has 9 nitrogen and oxygen atoms in total. The summed E-state index contributed by atoms with van der Waals surface area (Å²) >= 11 is 0. The van der Waals surface area contributed by atoms with Crippen molar-refractivity contribution in [2.45, 2.75) is 12.8 Å². The van der Waals surface area contributed by atoms with Crippen molar-refractivity contribution in [3.05, 3.63) is 47.5 Å². The number of hydrogen-bond donors (Lipinski definition) is 2. The summed E-state index contributed by atoms with van der Waals surface area (Å²) in [5, 5.41) is 14.0. The van der Waals surface area contributed by atoms with Crippen LogP contribution in [-0.4, -0.2) is 62.5 Å². The van der Waals surface area contributed by atoms with Gasteiger partial charge in [0.05, 0.1) is 27.5 Å². The molecule has 1 aliphatic rings. The first-order valence-corrected chi connectivity index (χ1v) is 10.2. The fraction of sp³-hybridized carbons (Fsp3) is 0.348. The number of aromatic hydroxyl groups is 1. The molecule has 2 aromatic rings. The number of amides is 2. The Morgan fingerprint density at radius 3 is 2.31 bits per heavy atom. The Hall–Kier alpha value is -3.75. The first-order chi connectivity index (χ1) is 15.5. The van der Waals surface area contributed by atoms with Crippen molar-refractivity contribution in [3.63, 3.8) is 0 Å². The molecule has 2 N–H and O–H groups in total. The van der Waals surface area contributed by atoms with Crippen molar-refractivity contribution in [1.82, 2.24) is 10.3 Å². The second-order valence-electron chi connectivity index (χ2n) is 7.30. The Kier molecular flexibility index (Phi) is 7.54. The number of piperidine rings is 1. The summed E-state index contributed by atoms with van der Waals surface area (Å²) in [6.07, 6.45) is 2.42. The normalized spacial score (nSPS) is 14.3. The summed E-state index contributed by atoms with van der Waals surface area (Å²) in [6.45, 7) is 0.910. The molecule has 1 aliphatic heterocycles. The lowest BCUT2D eigenvalue weighted by Crippen LogP contribution is -2.42. The lowest BCUT2D eigenvalue weighted by atomic mass is 9.95. The van der Waals surface area contributed by atoms with Crippen LogP contribution in [0.5, 0.6) is 23.0 Å². The molecule has 170 valence electrons. The van der Waals surface area contributed by atoms with E-state index in [0.29, 0.717) is 54.3 Å². The van der Waals surface area contributed by atoms with Crippen LogP contribution >= 0.6 is 0 Å². The molecule has 0 aromatic heterocycles. The van der Waals surface area contributed by atoms with Gasteiger partial charge in [0.1, 0.15) is 11.5 Å². The Labute approximate surface area is 186 Å². The predicted molar refractivity (Wildman–Crippen MR) is 119 cm³/mol. The second-order valence-corrected chi connectivity index (χ2v) is 7.30. The van der Waals surface area contributed by atoms with E-state index in [1.54, 1.807) is 41.3 Å². The minimum atomic E-state index is -0.255. The highest BCUT2D eigenvalue weighted by Gasteiger charge is 2.28. The summed E-state index contributed by atoms with van der Waals surface area (Å²) in [5.41, 5.74) is 3.42. The van der Waals surface area contributed by atoms with E-state index in [9.17, 15) is 14.7 Å². The van der Waals surface area contributed by atoms with Crippen molar-refractivity contribution < 1.29 is 28.9 Å². The zero-order chi connectivity index (χ0) is 23.1. The summed E-state index contributed by atoms with van der Waals surface area (Å²) in [7, 11) is 4.52. The van der Waals surface area contributed by atoms with E-state index in [1.807, 2.05) is 0 Å². The number of methoxy groups -OCH3 is 3. The van der Waals surface area contributed by atoms with E-state index < -0.39 is 0 Å². The highest BCUT2D eigenvalue weighted by atomic mass is 16.5. The second kappa shape index (κ2) is 10.5. The standard InChI is InChI=1S/C23H27N3O6/c1-30-18-11-17(12-19(13-18)31-2)23(29)26-9-7-15(8-10-26)22(28)25-24-14-16-5-4-6-20(32-3)21(16)27/h4-6,11-15,27H,7-10H2,1-3H3,(H,25,28)/b24-14+. The van der Waals surface area contributed by atoms with Crippen molar-refractivity contribution in [3.8, 4) is 23.0 Å². The molecular formula is C23H27N3O6. The van der Waals surface area contributed by atoms with Gasteiger partial charge >= 0.3 is 0 Å². The summed E-state index contributed by atoms with van der Waals surface area (Å²) in [5.74, 6) is 0.755. The van der Waals surface area contributed by atoms with E-state index in [4.69, 9.17) is 14.2 Å². The number of para-hydroxylation sites is 1. The molecule has 9 heteroatoms. The summed E-state index contributed by atoms with van der Waals surface area (Å²) in [6, 6.07) is 10.1. The van der Waals surface area contributed by atoms with E-state index >= 15 is 0 Å². The number of phenolic OH excluding ortho intramolecular Hbond substituents is 1. The molecule has 1 fully saturated rings. The number of nitrogens with one attached hydrogen (secondary N) is 1. The molecule has 0 unspecified atom stereocenters. The highest BCUT2D eigenvalue weighted by Crippen LogP contribution is 2.28. The Morgan fingerprint density at radius 1 is 1.06 bits per heavy atom. The largest absolute Gasteiger partial charge is 0.504 e. The maximum absolute atomic E-state index is 12.9. The third-order valence-corrected chi connectivity index (χ3v) is 5.38. The van der Waals surface area contributed by atoms with Crippen LogP contribution in [-0.2, 0) is 4.79 Å². The van der Waals surface area contributed by atoms with Gasteiger partial charge in [0, 0.05) is 36.2 Å². The van der Waals surface area contributed by atoms with Gasteiger partial charge in [-0.05, 0) is 37.1 Å². The Bertz CT molecular complexity index is 977. The van der Waals surface area contributed by atoms with Crippen LogP contribution < -0.4 is 19.6 Å². The summed E-state index contributed by atoms with van der Waals surface area (Å²) in [4.78, 5) is 27.1. The quantitative estimate of drug-likeness (QED) is 0.505. The molecule has 0 spiro atoms. The van der Waals surface area contributed by atoms with Gasteiger partial charge in [-0.2, -0.15) is 5.10 Å². The van der Waals surface area contributed by atoms with Crippen molar-refractivity contribution in [2.24, 2.45) is 11.0 Å². The zero-order valence-electron chi connectivity index (χ0n) is 18.3. The minimum Gasteiger partial charge on any atom is -0.504 e. The molecule has 0 bridgehead atoms.